The molecule has 66 valence electrons. The molecular formula is C9H18O2. The van der Waals surface area contributed by atoms with E-state index < -0.39 is 5.60 Å². The maximum absolute atomic E-state index is 9.61. The molecule has 0 aliphatic rings. The van der Waals surface area contributed by atoms with E-state index in [2.05, 4.69) is 0 Å². The summed E-state index contributed by atoms with van der Waals surface area (Å²) in [5.41, 5.74) is -0.597. The first-order valence-corrected chi connectivity index (χ1v) is 4.10. The number of hydrogen-bond acceptors (Lipinski definition) is 2. The second-order valence-electron chi connectivity index (χ2n) is 3.11. The molecule has 0 fully saturated rings. The smallest absolute Gasteiger partial charge is 0.0654 e. The Kier molecular flexibility index (Phi) is 5.16. The Bertz CT molecular complexity index is 117. The summed E-state index contributed by atoms with van der Waals surface area (Å²) in [4.78, 5) is 0. The van der Waals surface area contributed by atoms with Gasteiger partial charge in [0.05, 0.1) is 12.2 Å². The van der Waals surface area contributed by atoms with Gasteiger partial charge in [0.25, 0.3) is 0 Å². The average Bonchev–Trinajstić information content (AvgIpc) is 1.87. The molecule has 0 rings (SSSR count). The van der Waals surface area contributed by atoms with Crippen molar-refractivity contribution in [2.24, 2.45) is 0 Å². The van der Waals surface area contributed by atoms with Crippen LogP contribution in [0.4, 0.5) is 0 Å². The summed E-state index contributed by atoms with van der Waals surface area (Å²) >= 11 is 0. The van der Waals surface area contributed by atoms with E-state index in [1.807, 2.05) is 19.9 Å². The van der Waals surface area contributed by atoms with E-state index in [1.165, 1.54) is 0 Å². The van der Waals surface area contributed by atoms with Crippen molar-refractivity contribution >= 4 is 0 Å². The number of rotatable bonds is 5. The zero-order valence-electron chi connectivity index (χ0n) is 7.38. The van der Waals surface area contributed by atoms with Gasteiger partial charge in [0.1, 0.15) is 0 Å². The van der Waals surface area contributed by atoms with Gasteiger partial charge in [0, 0.05) is 0 Å². The second kappa shape index (κ2) is 5.33. The fourth-order valence-electron chi connectivity index (χ4n) is 1.05. The molecule has 0 saturated carbocycles. The van der Waals surface area contributed by atoms with Crippen LogP contribution in [0.25, 0.3) is 0 Å². The maximum Gasteiger partial charge on any atom is 0.0654 e. The standard InChI is InChI=1S/C9H18O2/c1-3-6-9(2,11)7-4-5-8-10/h4-5,10-11H,3,6-8H2,1-2H3/b5-4+/t9-/m1/s1. The van der Waals surface area contributed by atoms with Gasteiger partial charge in [-0.25, -0.2) is 0 Å². The summed E-state index contributed by atoms with van der Waals surface area (Å²) in [6.45, 7) is 3.92. The van der Waals surface area contributed by atoms with Crippen LogP contribution in [0.3, 0.4) is 0 Å². The summed E-state index contributed by atoms with van der Waals surface area (Å²) < 4.78 is 0. The number of hydrogen-bond donors (Lipinski definition) is 2. The van der Waals surface area contributed by atoms with Crippen molar-refractivity contribution in [1.82, 2.24) is 0 Å². The lowest BCUT2D eigenvalue weighted by atomic mass is 9.96. The van der Waals surface area contributed by atoms with Crippen LogP contribution in [-0.2, 0) is 0 Å². The summed E-state index contributed by atoms with van der Waals surface area (Å²) in [5, 5.41) is 18.0. The quantitative estimate of drug-likeness (QED) is 0.595. The van der Waals surface area contributed by atoms with Crippen LogP contribution in [0.2, 0.25) is 0 Å². The highest BCUT2D eigenvalue weighted by Gasteiger charge is 2.15. The zero-order valence-corrected chi connectivity index (χ0v) is 7.38. The van der Waals surface area contributed by atoms with Crippen LogP contribution in [0.15, 0.2) is 12.2 Å². The molecule has 0 bridgehead atoms. The van der Waals surface area contributed by atoms with Crippen LogP contribution in [-0.4, -0.2) is 22.4 Å². The van der Waals surface area contributed by atoms with Crippen LogP contribution in [0, 0.1) is 0 Å². The topological polar surface area (TPSA) is 40.5 Å². The lowest BCUT2D eigenvalue weighted by molar-refractivity contribution is 0.0532. The van der Waals surface area contributed by atoms with Crippen molar-refractivity contribution in [3.8, 4) is 0 Å². The van der Waals surface area contributed by atoms with Gasteiger partial charge in [-0.1, -0.05) is 25.5 Å². The molecule has 1 atom stereocenters. The maximum atomic E-state index is 9.61. The molecule has 0 aromatic heterocycles. The van der Waals surface area contributed by atoms with Gasteiger partial charge in [-0.2, -0.15) is 0 Å². The van der Waals surface area contributed by atoms with Crippen LogP contribution in [0.5, 0.6) is 0 Å². The third-order valence-electron chi connectivity index (χ3n) is 1.62. The molecule has 0 aromatic rings. The zero-order chi connectivity index (χ0) is 8.74. The fourth-order valence-corrected chi connectivity index (χ4v) is 1.05. The molecule has 0 spiro atoms. The minimum atomic E-state index is -0.597. The highest BCUT2D eigenvalue weighted by atomic mass is 16.3. The van der Waals surface area contributed by atoms with Crippen LogP contribution >= 0.6 is 0 Å². The normalized spacial score (nSPS) is 17.1. The van der Waals surface area contributed by atoms with E-state index in [0.717, 1.165) is 12.8 Å². The monoisotopic (exact) mass is 158 g/mol. The van der Waals surface area contributed by atoms with E-state index in [0.29, 0.717) is 6.42 Å². The number of aliphatic hydroxyl groups excluding tert-OH is 1. The first-order chi connectivity index (χ1) is 5.12. The van der Waals surface area contributed by atoms with Crippen molar-refractivity contribution in [3.05, 3.63) is 12.2 Å². The highest BCUT2D eigenvalue weighted by Crippen LogP contribution is 2.16. The van der Waals surface area contributed by atoms with Gasteiger partial charge in [-0.05, 0) is 19.8 Å². The predicted molar refractivity (Wildman–Crippen MR) is 46.4 cm³/mol. The molecule has 2 heteroatoms. The molecule has 0 aliphatic heterocycles. The number of aliphatic hydroxyl groups is 2. The Morgan fingerprint density at radius 2 is 2.00 bits per heavy atom. The molecule has 2 N–H and O–H groups in total. The summed E-state index contributed by atoms with van der Waals surface area (Å²) in [7, 11) is 0. The van der Waals surface area contributed by atoms with Gasteiger partial charge in [-0.15, -0.1) is 0 Å². The lowest BCUT2D eigenvalue weighted by Gasteiger charge is -2.20. The fraction of sp³-hybridized carbons (Fsp3) is 0.778. The third kappa shape index (κ3) is 6.07. The molecule has 0 aromatic carbocycles. The Hall–Kier alpha value is -0.340. The summed E-state index contributed by atoms with van der Waals surface area (Å²) in [6, 6.07) is 0. The van der Waals surface area contributed by atoms with E-state index in [-0.39, 0.29) is 6.61 Å². The Morgan fingerprint density at radius 1 is 1.36 bits per heavy atom. The highest BCUT2D eigenvalue weighted by molar-refractivity contribution is 4.88. The van der Waals surface area contributed by atoms with Crippen molar-refractivity contribution in [2.45, 2.75) is 38.7 Å². The van der Waals surface area contributed by atoms with E-state index in [9.17, 15) is 5.11 Å². The van der Waals surface area contributed by atoms with Gasteiger partial charge in [-0.3, -0.25) is 0 Å². The van der Waals surface area contributed by atoms with Crippen molar-refractivity contribution in [3.63, 3.8) is 0 Å². The van der Waals surface area contributed by atoms with Crippen LogP contribution in [0.1, 0.15) is 33.1 Å². The first kappa shape index (κ1) is 10.7. The Morgan fingerprint density at radius 3 is 2.45 bits per heavy atom. The summed E-state index contributed by atoms with van der Waals surface area (Å²) in [6.07, 6.45) is 5.89. The van der Waals surface area contributed by atoms with E-state index >= 15 is 0 Å². The molecule has 0 radical (unpaired) electrons. The van der Waals surface area contributed by atoms with Gasteiger partial charge >= 0.3 is 0 Å². The van der Waals surface area contributed by atoms with E-state index in [4.69, 9.17) is 5.11 Å². The lowest BCUT2D eigenvalue weighted by Crippen LogP contribution is -2.22. The van der Waals surface area contributed by atoms with Gasteiger partial charge in [0.15, 0.2) is 0 Å². The largest absolute Gasteiger partial charge is 0.392 e. The molecule has 0 unspecified atom stereocenters. The average molecular weight is 158 g/mol. The first-order valence-electron chi connectivity index (χ1n) is 4.10. The molecule has 0 amide bonds. The predicted octanol–water partition coefficient (Wildman–Crippen LogP) is 1.48. The molecule has 11 heavy (non-hydrogen) atoms. The Balaban J connectivity index is 3.62. The molecule has 0 heterocycles. The molecule has 2 nitrogen and oxygen atoms in total. The minimum absolute atomic E-state index is 0.0577. The second-order valence-corrected chi connectivity index (χ2v) is 3.11. The van der Waals surface area contributed by atoms with Crippen molar-refractivity contribution in [1.29, 1.82) is 0 Å². The van der Waals surface area contributed by atoms with Crippen molar-refractivity contribution < 1.29 is 10.2 Å². The molecule has 0 saturated heterocycles. The van der Waals surface area contributed by atoms with E-state index in [1.54, 1.807) is 6.08 Å². The van der Waals surface area contributed by atoms with Crippen LogP contribution < -0.4 is 0 Å². The van der Waals surface area contributed by atoms with Crippen molar-refractivity contribution in [2.75, 3.05) is 6.61 Å². The summed E-state index contributed by atoms with van der Waals surface area (Å²) in [5.74, 6) is 0. The van der Waals surface area contributed by atoms with Gasteiger partial charge in [0.2, 0.25) is 0 Å². The molecular weight excluding hydrogens is 140 g/mol. The minimum Gasteiger partial charge on any atom is -0.392 e. The molecule has 0 aliphatic carbocycles. The SMILES string of the molecule is CCC[C@@](C)(O)C/C=C/CO. The van der Waals surface area contributed by atoms with Gasteiger partial charge < -0.3 is 10.2 Å². The Labute approximate surface area is 68.6 Å². The third-order valence-corrected chi connectivity index (χ3v) is 1.62.